The Hall–Kier alpha value is -2.67. The maximum absolute atomic E-state index is 15.4. The molecule has 144 valence electrons. The highest BCUT2D eigenvalue weighted by Gasteiger charge is 2.17. The van der Waals surface area contributed by atoms with Crippen LogP contribution in [0.1, 0.15) is 28.4 Å². The van der Waals surface area contributed by atoms with Crippen LogP contribution >= 0.6 is 0 Å². The van der Waals surface area contributed by atoms with Crippen LogP contribution in [0, 0.1) is 5.82 Å². The molecule has 6 heteroatoms. The van der Waals surface area contributed by atoms with Gasteiger partial charge in [0.25, 0.3) is 0 Å². The van der Waals surface area contributed by atoms with Crippen molar-refractivity contribution in [3.05, 3.63) is 83.2 Å². The molecule has 0 fully saturated rings. The Bertz CT molecular complexity index is 1000. The first-order chi connectivity index (χ1) is 13.4. The lowest BCUT2D eigenvalue weighted by atomic mass is 9.95. The number of ether oxygens (including phenoxy) is 1. The van der Waals surface area contributed by atoms with E-state index in [4.69, 9.17) is 9.88 Å². The van der Waals surface area contributed by atoms with Crippen molar-refractivity contribution in [1.29, 1.82) is 0 Å². The fourth-order valence-corrected chi connectivity index (χ4v) is 3.44. The highest BCUT2D eigenvalue weighted by atomic mass is 32.2. The molecule has 0 heterocycles. The van der Waals surface area contributed by atoms with Gasteiger partial charge in [-0.3, -0.25) is 4.79 Å². The average molecular weight is 397 g/mol. The van der Waals surface area contributed by atoms with Crippen molar-refractivity contribution >= 4 is 17.1 Å². The molecule has 0 aromatic heterocycles. The highest BCUT2D eigenvalue weighted by molar-refractivity contribution is 7.89. The number of rotatable bonds is 6. The van der Waals surface area contributed by atoms with Crippen LogP contribution in [0.25, 0.3) is 11.1 Å². The quantitative estimate of drug-likeness (QED) is 0.498. The maximum atomic E-state index is 15.4. The van der Waals surface area contributed by atoms with Crippen LogP contribution in [-0.2, 0) is 17.8 Å². The van der Waals surface area contributed by atoms with E-state index in [1.54, 1.807) is 60.7 Å². The maximum Gasteiger partial charge on any atom is 0.173 e. The van der Waals surface area contributed by atoms with Crippen molar-refractivity contribution in [2.45, 2.75) is 18.2 Å². The van der Waals surface area contributed by atoms with Gasteiger partial charge in [0, 0.05) is 12.0 Å². The number of hydrogen-bond donors (Lipinski definition) is 1. The standard InChI is InChI=1S/C22H20FNO3S/c1-14(25)16-4-3-5-17(13-16)21-20(27-2)11-8-18(22(21)23)12-15-6-9-19(10-7-15)28(24)26/h3-11,13H,12,24H2,1-2H3. The van der Waals surface area contributed by atoms with Gasteiger partial charge in [0.05, 0.1) is 24.0 Å². The summed E-state index contributed by atoms with van der Waals surface area (Å²) in [4.78, 5) is 12.2. The monoisotopic (exact) mass is 397 g/mol. The summed E-state index contributed by atoms with van der Waals surface area (Å²) >= 11 is -1.55. The molecule has 3 rings (SSSR count). The topological polar surface area (TPSA) is 75.4 Å². The molecule has 3 aromatic rings. The second-order valence-corrected chi connectivity index (χ2v) is 7.44. The van der Waals surface area contributed by atoms with Gasteiger partial charge in [0.1, 0.15) is 11.6 Å². The second-order valence-electron chi connectivity index (χ2n) is 6.37. The van der Waals surface area contributed by atoms with E-state index in [9.17, 15) is 9.35 Å². The zero-order valence-electron chi connectivity index (χ0n) is 15.6. The van der Waals surface area contributed by atoms with Crippen molar-refractivity contribution in [2.24, 2.45) is 5.14 Å². The van der Waals surface area contributed by atoms with E-state index >= 15 is 4.39 Å². The van der Waals surface area contributed by atoms with Gasteiger partial charge in [-0.25, -0.2) is 4.39 Å². The molecule has 2 N–H and O–H groups in total. The minimum atomic E-state index is -1.55. The predicted octanol–water partition coefficient (Wildman–Crippen LogP) is 4.28. The van der Waals surface area contributed by atoms with Gasteiger partial charge >= 0.3 is 0 Å². The van der Waals surface area contributed by atoms with Crippen molar-refractivity contribution in [1.82, 2.24) is 0 Å². The van der Waals surface area contributed by atoms with Gasteiger partial charge in [-0.1, -0.05) is 36.4 Å². The lowest BCUT2D eigenvalue weighted by molar-refractivity contribution is 0.101. The number of hydrogen-bond acceptors (Lipinski definition) is 4. The van der Waals surface area contributed by atoms with Gasteiger partial charge in [0.2, 0.25) is 0 Å². The fourth-order valence-electron chi connectivity index (χ4n) is 3.03. The zero-order chi connectivity index (χ0) is 20.3. The number of ketones is 1. The molecule has 0 amide bonds. The van der Waals surface area contributed by atoms with E-state index in [1.165, 1.54) is 14.0 Å². The molecule has 0 aliphatic heterocycles. The summed E-state index contributed by atoms with van der Waals surface area (Å²) in [6.07, 6.45) is 0.354. The van der Waals surface area contributed by atoms with Crippen LogP contribution in [0.4, 0.5) is 4.39 Å². The minimum Gasteiger partial charge on any atom is -0.593 e. The van der Waals surface area contributed by atoms with Crippen LogP contribution in [-0.4, -0.2) is 17.4 Å². The average Bonchev–Trinajstić information content (AvgIpc) is 2.69. The summed E-state index contributed by atoms with van der Waals surface area (Å²) in [6.45, 7) is 1.47. The lowest BCUT2D eigenvalue weighted by Crippen LogP contribution is -2.11. The van der Waals surface area contributed by atoms with Gasteiger partial charge in [0.15, 0.2) is 10.7 Å². The molecule has 0 saturated heterocycles. The summed E-state index contributed by atoms with van der Waals surface area (Å²) in [5, 5.41) is 5.36. The van der Waals surface area contributed by atoms with E-state index in [-0.39, 0.29) is 5.78 Å². The summed E-state index contributed by atoms with van der Waals surface area (Å²) in [7, 11) is 1.48. The smallest absolute Gasteiger partial charge is 0.173 e. The number of nitrogens with two attached hydrogens (primary N) is 1. The molecule has 0 spiro atoms. The Kier molecular flexibility index (Phi) is 6.14. The van der Waals surface area contributed by atoms with Gasteiger partial charge in [-0.15, -0.1) is 5.14 Å². The number of halogens is 1. The van der Waals surface area contributed by atoms with Crippen molar-refractivity contribution < 1.29 is 18.5 Å². The van der Waals surface area contributed by atoms with E-state index in [1.807, 2.05) is 0 Å². The van der Waals surface area contributed by atoms with Crippen LogP contribution < -0.4 is 9.88 Å². The molecule has 0 radical (unpaired) electrons. The van der Waals surface area contributed by atoms with E-state index in [0.717, 1.165) is 5.56 Å². The number of benzene rings is 3. The van der Waals surface area contributed by atoms with Crippen LogP contribution in [0.2, 0.25) is 0 Å². The third-order valence-electron chi connectivity index (χ3n) is 4.51. The largest absolute Gasteiger partial charge is 0.593 e. The van der Waals surface area contributed by atoms with Crippen molar-refractivity contribution in [2.75, 3.05) is 7.11 Å². The van der Waals surface area contributed by atoms with Crippen molar-refractivity contribution in [3.63, 3.8) is 0 Å². The molecule has 1 atom stereocenters. The molecule has 0 aliphatic carbocycles. The predicted molar refractivity (Wildman–Crippen MR) is 108 cm³/mol. The molecular weight excluding hydrogens is 377 g/mol. The molecule has 28 heavy (non-hydrogen) atoms. The van der Waals surface area contributed by atoms with Gasteiger partial charge < -0.3 is 9.29 Å². The highest BCUT2D eigenvalue weighted by Crippen LogP contribution is 2.35. The Labute approximate surface area is 166 Å². The normalized spacial score (nSPS) is 11.9. The first-order valence-electron chi connectivity index (χ1n) is 8.62. The fraction of sp³-hybridized carbons (Fsp3) is 0.136. The lowest BCUT2D eigenvalue weighted by Gasteiger charge is -2.14. The number of methoxy groups -OCH3 is 1. The van der Waals surface area contributed by atoms with Crippen LogP contribution in [0.5, 0.6) is 5.75 Å². The summed E-state index contributed by atoms with van der Waals surface area (Å²) in [5.74, 6) is -0.0860. The van der Waals surface area contributed by atoms with Gasteiger partial charge in [-0.05, 0) is 47.9 Å². The van der Waals surface area contributed by atoms with E-state index < -0.39 is 17.2 Å². The van der Waals surface area contributed by atoms with Crippen LogP contribution in [0.3, 0.4) is 0 Å². The number of carbonyl (C=O) groups excluding carboxylic acids is 1. The second kappa shape index (κ2) is 8.56. The Morgan fingerprint density at radius 3 is 2.46 bits per heavy atom. The molecule has 0 aliphatic rings. The number of carbonyl (C=O) groups is 1. The number of Topliss-reactive ketones (excluding diaryl/α,β-unsaturated/α-hetero) is 1. The Morgan fingerprint density at radius 1 is 1.14 bits per heavy atom. The summed E-state index contributed by atoms with van der Waals surface area (Å²) < 4.78 is 32.1. The Balaban J connectivity index is 2.02. The molecule has 3 aromatic carbocycles. The molecular formula is C22H20FNO3S. The van der Waals surface area contributed by atoms with E-state index in [2.05, 4.69) is 0 Å². The molecule has 0 saturated carbocycles. The SMILES string of the molecule is COc1ccc(Cc2ccc([S+](N)[O-])cc2)c(F)c1-c1cccc(C(C)=O)c1. The molecule has 0 bridgehead atoms. The molecule has 1 unspecified atom stereocenters. The minimum absolute atomic E-state index is 0.0882. The zero-order valence-corrected chi connectivity index (χ0v) is 16.4. The van der Waals surface area contributed by atoms with Gasteiger partial charge in [-0.2, -0.15) is 0 Å². The first kappa shape index (κ1) is 20.1. The van der Waals surface area contributed by atoms with Crippen molar-refractivity contribution in [3.8, 4) is 16.9 Å². The van der Waals surface area contributed by atoms with E-state index in [0.29, 0.717) is 39.3 Å². The summed E-state index contributed by atoms with van der Waals surface area (Å²) in [6, 6.07) is 17.1. The van der Waals surface area contributed by atoms with Crippen LogP contribution in [0.15, 0.2) is 65.6 Å². The molecule has 4 nitrogen and oxygen atoms in total. The Morgan fingerprint density at radius 2 is 1.86 bits per heavy atom. The first-order valence-corrected chi connectivity index (χ1v) is 9.84. The third kappa shape index (κ3) is 4.25. The summed E-state index contributed by atoms with van der Waals surface area (Å²) in [5.41, 5.74) is 2.77. The third-order valence-corrected chi connectivity index (χ3v) is 5.25.